The summed E-state index contributed by atoms with van der Waals surface area (Å²) < 4.78 is 8.06. The number of methoxy groups -OCH3 is 1. The van der Waals surface area contributed by atoms with Gasteiger partial charge in [-0.1, -0.05) is 12.1 Å². The van der Waals surface area contributed by atoms with Gasteiger partial charge in [-0.15, -0.1) is 0 Å². The number of aryl methyl sites for hydroxylation is 1. The van der Waals surface area contributed by atoms with E-state index in [2.05, 4.69) is 0 Å². The Morgan fingerprint density at radius 3 is 2.81 bits per heavy atom. The van der Waals surface area contributed by atoms with Gasteiger partial charge in [-0.3, -0.25) is 19.0 Å². The molecule has 1 amide bonds. The van der Waals surface area contributed by atoms with Crippen molar-refractivity contribution in [1.82, 2.24) is 19.0 Å². The molecule has 1 atom stereocenters. The van der Waals surface area contributed by atoms with Gasteiger partial charge in [0.15, 0.2) is 0 Å². The van der Waals surface area contributed by atoms with Crippen LogP contribution < -0.4 is 15.9 Å². The fourth-order valence-corrected chi connectivity index (χ4v) is 4.13. The number of aromatic nitrogens is 3. The molecule has 0 saturated carbocycles. The van der Waals surface area contributed by atoms with Gasteiger partial charge in [0.05, 0.1) is 42.8 Å². The van der Waals surface area contributed by atoms with Crippen LogP contribution in [0.1, 0.15) is 35.1 Å². The summed E-state index contributed by atoms with van der Waals surface area (Å²) in [5.41, 5.74) is 0.303. The molecule has 0 radical (unpaired) electrons. The smallest absolute Gasteiger partial charge is 0.261 e. The molecule has 9 nitrogen and oxygen atoms in total. The van der Waals surface area contributed by atoms with Crippen molar-refractivity contribution in [3.05, 3.63) is 68.6 Å². The second-order valence-corrected chi connectivity index (χ2v) is 7.53. The molecule has 162 valence electrons. The Labute approximate surface area is 178 Å². The zero-order chi connectivity index (χ0) is 22.1. The van der Waals surface area contributed by atoms with Crippen molar-refractivity contribution < 1.29 is 14.6 Å². The molecule has 1 fully saturated rings. The third-order valence-corrected chi connectivity index (χ3v) is 5.67. The summed E-state index contributed by atoms with van der Waals surface area (Å²) in [5.74, 6) is 0.360. The van der Waals surface area contributed by atoms with E-state index in [0.717, 1.165) is 6.42 Å². The molecule has 4 rings (SSSR count). The van der Waals surface area contributed by atoms with E-state index in [4.69, 9.17) is 9.72 Å². The Kier molecular flexibility index (Phi) is 5.60. The predicted molar refractivity (Wildman–Crippen MR) is 114 cm³/mol. The van der Waals surface area contributed by atoms with E-state index < -0.39 is 6.04 Å². The summed E-state index contributed by atoms with van der Waals surface area (Å²) in [6, 6.07) is 7.90. The number of carbonyl (C=O) groups is 1. The molecule has 31 heavy (non-hydrogen) atoms. The monoisotopic (exact) mass is 424 g/mol. The van der Waals surface area contributed by atoms with Crippen LogP contribution in [0.25, 0.3) is 10.9 Å². The number of likely N-dealkylation sites (tertiary alicyclic amines) is 1. The minimum atomic E-state index is -0.432. The van der Waals surface area contributed by atoms with Gasteiger partial charge < -0.3 is 19.3 Å². The Bertz CT molecular complexity index is 1260. The molecule has 1 N–H and O–H groups in total. The van der Waals surface area contributed by atoms with E-state index in [9.17, 15) is 19.5 Å². The third kappa shape index (κ3) is 3.61. The van der Waals surface area contributed by atoms with Crippen molar-refractivity contribution in [2.45, 2.75) is 25.4 Å². The summed E-state index contributed by atoms with van der Waals surface area (Å²) in [7, 11) is 2.99. The van der Waals surface area contributed by atoms with Gasteiger partial charge in [-0.05, 0) is 25.0 Å². The van der Waals surface area contributed by atoms with E-state index in [1.165, 1.54) is 28.5 Å². The van der Waals surface area contributed by atoms with Gasteiger partial charge in [0.2, 0.25) is 0 Å². The first kappa shape index (κ1) is 20.8. The highest BCUT2D eigenvalue weighted by molar-refractivity contribution is 5.97. The van der Waals surface area contributed by atoms with E-state index in [1.807, 2.05) is 6.07 Å². The molecule has 0 bridgehead atoms. The lowest BCUT2D eigenvalue weighted by molar-refractivity contribution is 0.0721. The second kappa shape index (κ2) is 8.35. The summed E-state index contributed by atoms with van der Waals surface area (Å²) in [5, 5.41) is 10.0. The molecule has 1 unspecified atom stereocenters. The first-order valence-corrected chi connectivity index (χ1v) is 10.1. The van der Waals surface area contributed by atoms with Crippen LogP contribution in [0.2, 0.25) is 0 Å². The molecule has 3 heterocycles. The SMILES string of the molecule is COc1cc(=O)n(C)cc1C(=O)N1CCCC1c1nc2ccccc2c(=O)n1CCO. The molecule has 2 aromatic heterocycles. The fraction of sp³-hybridized carbons (Fsp3) is 0.364. The fourth-order valence-electron chi connectivity index (χ4n) is 4.13. The molecule has 1 aliphatic rings. The molecule has 9 heteroatoms. The summed E-state index contributed by atoms with van der Waals surface area (Å²) in [6.07, 6.45) is 2.84. The number of rotatable bonds is 5. The minimum absolute atomic E-state index is 0.0910. The number of para-hydroxylation sites is 1. The number of carbonyl (C=O) groups excluding carboxylic acids is 1. The van der Waals surface area contributed by atoms with Crippen LogP contribution in [-0.2, 0) is 13.6 Å². The maximum Gasteiger partial charge on any atom is 0.261 e. The number of aliphatic hydroxyl groups excluding tert-OH is 1. The zero-order valence-corrected chi connectivity index (χ0v) is 17.4. The number of amides is 1. The minimum Gasteiger partial charge on any atom is -0.496 e. The molecule has 1 aromatic carbocycles. The van der Waals surface area contributed by atoms with Crippen molar-refractivity contribution in [2.75, 3.05) is 20.3 Å². The predicted octanol–water partition coefficient (Wildman–Crippen LogP) is 1.07. The summed E-state index contributed by atoms with van der Waals surface area (Å²) in [4.78, 5) is 44.8. The van der Waals surface area contributed by atoms with Crippen molar-refractivity contribution in [1.29, 1.82) is 0 Å². The van der Waals surface area contributed by atoms with E-state index in [0.29, 0.717) is 29.7 Å². The maximum atomic E-state index is 13.5. The maximum absolute atomic E-state index is 13.5. The van der Waals surface area contributed by atoms with E-state index in [1.54, 1.807) is 30.1 Å². The average Bonchev–Trinajstić information content (AvgIpc) is 3.26. The first-order chi connectivity index (χ1) is 15.0. The second-order valence-electron chi connectivity index (χ2n) is 7.53. The van der Waals surface area contributed by atoms with Crippen LogP contribution in [0.4, 0.5) is 0 Å². The quantitative estimate of drug-likeness (QED) is 0.657. The zero-order valence-electron chi connectivity index (χ0n) is 17.4. The first-order valence-electron chi connectivity index (χ1n) is 10.1. The number of hydrogen-bond acceptors (Lipinski definition) is 6. The average molecular weight is 424 g/mol. The number of ether oxygens (including phenoxy) is 1. The Morgan fingerprint density at radius 1 is 1.29 bits per heavy atom. The molecule has 3 aromatic rings. The van der Waals surface area contributed by atoms with Gasteiger partial charge in [0.25, 0.3) is 17.0 Å². The number of hydrogen-bond donors (Lipinski definition) is 1. The van der Waals surface area contributed by atoms with Crippen molar-refractivity contribution >= 4 is 16.8 Å². The topological polar surface area (TPSA) is 107 Å². The van der Waals surface area contributed by atoms with Crippen LogP contribution in [0.5, 0.6) is 5.75 Å². The normalized spacial score (nSPS) is 16.1. The Morgan fingerprint density at radius 2 is 2.06 bits per heavy atom. The van der Waals surface area contributed by atoms with Gasteiger partial charge in [0.1, 0.15) is 11.6 Å². The molecule has 0 spiro atoms. The van der Waals surface area contributed by atoms with Gasteiger partial charge >= 0.3 is 0 Å². The van der Waals surface area contributed by atoms with Crippen LogP contribution in [0.3, 0.4) is 0 Å². The van der Waals surface area contributed by atoms with Gasteiger partial charge in [-0.2, -0.15) is 0 Å². The molecular weight excluding hydrogens is 400 g/mol. The number of pyridine rings is 1. The van der Waals surface area contributed by atoms with Crippen LogP contribution in [-0.4, -0.2) is 50.3 Å². The largest absolute Gasteiger partial charge is 0.496 e. The number of benzene rings is 1. The highest BCUT2D eigenvalue weighted by Gasteiger charge is 2.35. The highest BCUT2D eigenvalue weighted by atomic mass is 16.5. The Hall–Kier alpha value is -3.46. The molecule has 1 aliphatic heterocycles. The molecule has 1 saturated heterocycles. The summed E-state index contributed by atoms with van der Waals surface area (Å²) in [6.45, 7) is 0.354. The van der Waals surface area contributed by atoms with Crippen molar-refractivity contribution in [2.24, 2.45) is 7.05 Å². The number of aliphatic hydroxyl groups is 1. The van der Waals surface area contributed by atoms with E-state index in [-0.39, 0.29) is 41.5 Å². The van der Waals surface area contributed by atoms with Crippen LogP contribution in [0.15, 0.2) is 46.1 Å². The summed E-state index contributed by atoms with van der Waals surface area (Å²) >= 11 is 0. The van der Waals surface area contributed by atoms with Crippen LogP contribution >= 0.6 is 0 Å². The van der Waals surface area contributed by atoms with E-state index >= 15 is 0 Å². The standard InChI is InChI=1S/C22H24N4O5/c1-24-13-15(18(31-2)12-19(24)28)22(30)25-9-5-8-17(25)20-23-16-7-4-3-6-14(16)21(29)26(20)10-11-27/h3-4,6-7,12-13,17,27H,5,8-11H2,1-2H3. The van der Waals surface area contributed by atoms with Gasteiger partial charge in [-0.25, -0.2) is 4.98 Å². The third-order valence-electron chi connectivity index (χ3n) is 5.67. The highest BCUT2D eigenvalue weighted by Crippen LogP contribution is 2.33. The lowest BCUT2D eigenvalue weighted by atomic mass is 10.1. The lowest BCUT2D eigenvalue weighted by Gasteiger charge is -2.27. The van der Waals surface area contributed by atoms with Gasteiger partial charge in [0, 0.05) is 25.9 Å². The number of fused-ring (bicyclic) bond motifs is 1. The molecular formula is C22H24N4O5. The van der Waals surface area contributed by atoms with Crippen molar-refractivity contribution in [3.63, 3.8) is 0 Å². The lowest BCUT2D eigenvalue weighted by Crippen LogP contribution is -2.36. The molecule has 0 aliphatic carbocycles. The number of nitrogens with zero attached hydrogens (tertiary/aromatic N) is 4. The Balaban J connectivity index is 1.83. The van der Waals surface area contributed by atoms with Crippen molar-refractivity contribution in [3.8, 4) is 5.75 Å². The van der Waals surface area contributed by atoms with Crippen LogP contribution in [0, 0.1) is 0 Å².